The number of halogens is 3. The smallest absolute Gasteiger partial charge is 0.237 e. The quantitative estimate of drug-likeness (QED) is 0.380. The van der Waals surface area contributed by atoms with Gasteiger partial charge in [-0.25, -0.2) is 21.6 Å². The molecule has 11 heteroatoms. The van der Waals surface area contributed by atoms with E-state index in [0.29, 0.717) is 32.0 Å². The van der Waals surface area contributed by atoms with E-state index in [-0.39, 0.29) is 36.3 Å². The van der Waals surface area contributed by atoms with E-state index in [4.69, 9.17) is 5.73 Å². The number of amides is 2. The molecule has 0 radical (unpaired) electrons. The van der Waals surface area contributed by atoms with Crippen molar-refractivity contribution in [2.75, 3.05) is 31.6 Å². The molecule has 35 heavy (non-hydrogen) atoms. The van der Waals surface area contributed by atoms with Crippen molar-refractivity contribution in [3.05, 3.63) is 35.1 Å². The van der Waals surface area contributed by atoms with Crippen molar-refractivity contribution in [1.82, 2.24) is 9.80 Å². The lowest BCUT2D eigenvalue weighted by Gasteiger charge is -2.31. The van der Waals surface area contributed by atoms with Crippen LogP contribution in [0.1, 0.15) is 52.5 Å². The van der Waals surface area contributed by atoms with Crippen LogP contribution in [0.3, 0.4) is 0 Å². The Bertz CT molecular complexity index is 971. The molecule has 0 saturated heterocycles. The zero-order valence-electron chi connectivity index (χ0n) is 21.2. The molecule has 0 unspecified atom stereocenters. The topological polar surface area (TPSA) is 101 Å². The number of hydrogen-bond donors (Lipinski definition) is 1. The largest absolute Gasteiger partial charge is 0.343 e. The highest BCUT2D eigenvalue weighted by molar-refractivity contribution is 7.92. The molecule has 1 aromatic carbocycles. The molecule has 0 saturated carbocycles. The Morgan fingerprint density at radius 2 is 1.57 bits per heavy atom. The lowest BCUT2D eigenvalue weighted by molar-refractivity contribution is -0.132. The minimum atomic E-state index is -3.74. The van der Waals surface area contributed by atoms with Gasteiger partial charge in [-0.1, -0.05) is 13.8 Å². The van der Waals surface area contributed by atoms with Gasteiger partial charge in [0.2, 0.25) is 11.8 Å². The first-order chi connectivity index (χ1) is 16.3. The molecular weight excluding hydrogens is 483 g/mol. The second kappa shape index (κ2) is 13.8. The van der Waals surface area contributed by atoms with Gasteiger partial charge in [0.1, 0.15) is 11.6 Å². The Morgan fingerprint density at radius 1 is 1.00 bits per heavy atom. The van der Waals surface area contributed by atoms with Crippen molar-refractivity contribution in [2.45, 2.75) is 65.5 Å². The van der Waals surface area contributed by atoms with Gasteiger partial charge in [-0.15, -0.1) is 0 Å². The van der Waals surface area contributed by atoms with E-state index in [0.717, 1.165) is 6.07 Å². The van der Waals surface area contributed by atoms with Crippen LogP contribution in [0.2, 0.25) is 0 Å². The first-order valence-electron chi connectivity index (χ1n) is 11.9. The molecular formula is C24H38F3N3O4S. The summed E-state index contributed by atoms with van der Waals surface area (Å²) < 4.78 is 65.3. The summed E-state index contributed by atoms with van der Waals surface area (Å²) in [5.41, 5.74) is 6.17. The highest BCUT2D eigenvalue weighted by Crippen LogP contribution is 2.21. The van der Waals surface area contributed by atoms with Gasteiger partial charge in [0.25, 0.3) is 0 Å². The van der Waals surface area contributed by atoms with Gasteiger partial charge < -0.3 is 15.5 Å². The number of sulfone groups is 1. The number of benzene rings is 1. The Labute approximate surface area is 206 Å². The van der Waals surface area contributed by atoms with Gasteiger partial charge in [-0.2, -0.15) is 0 Å². The number of hydrogen-bond acceptors (Lipinski definition) is 5. The second-order valence-electron chi connectivity index (χ2n) is 8.91. The molecule has 0 aliphatic rings. The number of nitrogens with zero attached hydrogens (tertiary/aromatic N) is 2. The van der Waals surface area contributed by atoms with Crippen LogP contribution < -0.4 is 5.73 Å². The molecule has 2 amide bonds. The van der Waals surface area contributed by atoms with Crippen LogP contribution in [-0.4, -0.2) is 73.8 Å². The van der Waals surface area contributed by atoms with Crippen molar-refractivity contribution >= 4 is 21.7 Å². The summed E-state index contributed by atoms with van der Waals surface area (Å²) in [6.07, 6.45) is 0.781. The van der Waals surface area contributed by atoms with Crippen LogP contribution in [-0.2, 0) is 25.8 Å². The van der Waals surface area contributed by atoms with Crippen LogP contribution >= 0.6 is 0 Å². The summed E-state index contributed by atoms with van der Waals surface area (Å²) in [6.45, 7) is 8.05. The Hall–Kier alpha value is -2.14. The second-order valence-corrected chi connectivity index (χ2v) is 11.1. The maximum Gasteiger partial charge on any atom is 0.237 e. The third-order valence-electron chi connectivity index (χ3n) is 6.42. The minimum absolute atomic E-state index is 0.00287. The zero-order chi connectivity index (χ0) is 26.9. The fourth-order valence-electron chi connectivity index (χ4n) is 3.93. The summed E-state index contributed by atoms with van der Waals surface area (Å²) in [4.78, 5) is 27.7. The maximum atomic E-state index is 14.0. The van der Waals surface area contributed by atoms with Crippen molar-refractivity contribution < 1.29 is 31.2 Å². The van der Waals surface area contributed by atoms with E-state index >= 15 is 0 Å². The molecule has 2 N–H and O–H groups in total. The SMILES string of the molecule is CC[C@H](C[C@H](C)[C@H](N)Cc1cc(F)c(F)cc1F)N(C)C(=O)CCS(=O)(=O)CC(=O)N(CC)CC. The summed E-state index contributed by atoms with van der Waals surface area (Å²) in [5, 5.41) is 0. The maximum absolute atomic E-state index is 14.0. The molecule has 1 aromatic rings. The van der Waals surface area contributed by atoms with Crippen LogP contribution in [0, 0.1) is 23.4 Å². The van der Waals surface area contributed by atoms with E-state index in [1.54, 1.807) is 20.9 Å². The summed E-state index contributed by atoms with van der Waals surface area (Å²) in [7, 11) is -2.16. The highest BCUT2D eigenvalue weighted by atomic mass is 32.2. The van der Waals surface area contributed by atoms with Crippen molar-refractivity contribution in [2.24, 2.45) is 11.7 Å². The molecule has 3 atom stereocenters. The van der Waals surface area contributed by atoms with Crippen LogP contribution in [0.15, 0.2) is 12.1 Å². The number of carbonyl (C=O) groups excluding carboxylic acids is 2. The molecule has 0 heterocycles. The normalized spacial score (nSPS) is 14.3. The third-order valence-corrected chi connectivity index (χ3v) is 7.93. The van der Waals surface area contributed by atoms with Gasteiger partial charge in [0, 0.05) is 44.7 Å². The van der Waals surface area contributed by atoms with Gasteiger partial charge in [0.05, 0.1) is 5.75 Å². The van der Waals surface area contributed by atoms with Gasteiger partial charge in [0.15, 0.2) is 21.5 Å². The lowest BCUT2D eigenvalue weighted by Crippen LogP contribution is -2.42. The molecule has 1 rings (SSSR count). The third kappa shape index (κ3) is 9.44. The van der Waals surface area contributed by atoms with Crippen LogP contribution in [0.4, 0.5) is 13.2 Å². The van der Waals surface area contributed by atoms with Crippen LogP contribution in [0.25, 0.3) is 0 Å². The highest BCUT2D eigenvalue weighted by Gasteiger charge is 2.27. The molecule has 7 nitrogen and oxygen atoms in total. The van der Waals surface area contributed by atoms with Crippen molar-refractivity contribution in [3.8, 4) is 0 Å². The predicted molar refractivity (Wildman–Crippen MR) is 130 cm³/mol. The predicted octanol–water partition coefficient (Wildman–Crippen LogP) is 2.91. The molecule has 200 valence electrons. The standard InChI is InChI=1S/C24H38F3N3O4S/c1-6-18(11-16(4)22(28)13-17-12-20(26)21(27)14-19(17)25)29(5)23(31)9-10-35(33,34)15-24(32)30(7-2)8-3/h12,14,16,18,22H,6-11,13,15,28H2,1-5H3/t16-,18+,22+/m0/s1. The molecule has 0 aromatic heterocycles. The number of rotatable bonds is 14. The molecule has 0 fully saturated rings. The average molecular weight is 522 g/mol. The minimum Gasteiger partial charge on any atom is -0.343 e. The lowest BCUT2D eigenvalue weighted by atomic mass is 9.89. The van der Waals surface area contributed by atoms with Gasteiger partial charge in [-0.05, 0) is 50.7 Å². The van der Waals surface area contributed by atoms with Crippen molar-refractivity contribution in [3.63, 3.8) is 0 Å². The summed E-state index contributed by atoms with van der Waals surface area (Å²) in [5.74, 6) is -5.39. The Balaban J connectivity index is 2.71. The Kier molecular flexibility index (Phi) is 12.2. The molecule has 0 aliphatic carbocycles. The fraction of sp³-hybridized carbons (Fsp3) is 0.667. The first-order valence-corrected chi connectivity index (χ1v) is 13.7. The van der Waals surface area contributed by atoms with Crippen molar-refractivity contribution in [1.29, 1.82) is 0 Å². The molecule has 0 aliphatic heterocycles. The van der Waals surface area contributed by atoms with E-state index in [1.165, 1.54) is 9.80 Å². The average Bonchev–Trinajstić information content (AvgIpc) is 2.79. The summed E-state index contributed by atoms with van der Waals surface area (Å²) >= 11 is 0. The van der Waals surface area contributed by atoms with Crippen LogP contribution in [0.5, 0.6) is 0 Å². The van der Waals surface area contributed by atoms with E-state index in [2.05, 4.69) is 0 Å². The zero-order valence-corrected chi connectivity index (χ0v) is 22.0. The first kappa shape index (κ1) is 30.9. The molecule has 0 spiro atoms. The Morgan fingerprint density at radius 3 is 2.11 bits per heavy atom. The van der Waals surface area contributed by atoms with Gasteiger partial charge in [-0.3, -0.25) is 9.59 Å². The fourth-order valence-corrected chi connectivity index (χ4v) is 5.12. The van der Waals surface area contributed by atoms with Gasteiger partial charge >= 0.3 is 0 Å². The number of nitrogens with two attached hydrogens (primary N) is 1. The van der Waals surface area contributed by atoms with E-state index in [9.17, 15) is 31.2 Å². The molecule has 0 bridgehead atoms. The monoisotopic (exact) mass is 521 g/mol. The number of carbonyl (C=O) groups is 2. The summed E-state index contributed by atoms with van der Waals surface area (Å²) in [6, 6.07) is 0.472. The van der Waals surface area contributed by atoms with E-state index in [1.807, 2.05) is 13.8 Å². The van der Waals surface area contributed by atoms with E-state index < -0.39 is 50.7 Å².